The number of carbonyl (C=O) groups excluding carboxylic acids is 2. The van der Waals surface area contributed by atoms with Crippen LogP contribution in [0.5, 0.6) is 0 Å². The van der Waals surface area contributed by atoms with Gasteiger partial charge in [0, 0.05) is 12.6 Å². The molecule has 0 aliphatic rings. The molecule has 0 bridgehead atoms. The number of amides is 3. The lowest BCUT2D eigenvalue weighted by molar-refractivity contribution is -0.121. The van der Waals surface area contributed by atoms with Crippen LogP contribution in [0, 0.1) is 0 Å². The van der Waals surface area contributed by atoms with Crippen molar-refractivity contribution in [3.8, 4) is 0 Å². The summed E-state index contributed by atoms with van der Waals surface area (Å²) in [6, 6.07) is 9.34. The summed E-state index contributed by atoms with van der Waals surface area (Å²) in [5, 5.41) is 8.01. The van der Waals surface area contributed by atoms with Crippen LogP contribution in [0.25, 0.3) is 0 Å². The zero-order chi connectivity index (χ0) is 15.0. The second-order valence-corrected chi connectivity index (χ2v) is 4.83. The Balaban J connectivity index is 2.39. The second kappa shape index (κ2) is 8.32. The molecule has 0 heterocycles. The summed E-state index contributed by atoms with van der Waals surface area (Å²) < 4.78 is 0. The van der Waals surface area contributed by atoms with Crippen LogP contribution in [0.2, 0.25) is 0 Å². The highest BCUT2D eigenvalue weighted by Gasteiger charge is 2.17. The van der Waals surface area contributed by atoms with Crippen molar-refractivity contribution in [3.63, 3.8) is 0 Å². The number of rotatable bonds is 6. The minimum atomic E-state index is -0.457. The zero-order valence-electron chi connectivity index (χ0n) is 12.3. The summed E-state index contributed by atoms with van der Waals surface area (Å²) in [5.74, 6) is -0.323. The molecule has 0 aromatic heterocycles. The predicted molar refractivity (Wildman–Crippen MR) is 79.4 cm³/mol. The van der Waals surface area contributed by atoms with Crippen LogP contribution in [0.3, 0.4) is 0 Å². The zero-order valence-corrected chi connectivity index (χ0v) is 12.3. The maximum absolute atomic E-state index is 11.8. The molecule has 0 aliphatic heterocycles. The normalized spacial score (nSPS) is 13.3. The fourth-order valence-electron chi connectivity index (χ4n) is 1.95. The van der Waals surface area contributed by atoms with Crippen molar-refractivity contribution in [1.82, 2.24) is 16.0 Å². The first-order chi connectivity index (χ1) is 9.52. The van der Waals surface area contributed by atoms with Gasteiger partial charge in [0.2, 0.25) is 5.91 Å². The highest BCUT2D eigenvalue weighted by atomic mass is 16.2. The van der Waals surface area contributed by atoms with Gasteiger partial charge in [0.05, 0.1) is 6.04 Å². The number of urea groups is 1. The Morgan fingerprint density at radius 1 is 1.15 bits per heavy atom. The fourth-order valence-corrected chi connectivity index (χ4v) is 1.95. The molecule has 5 heteroatoms. The lowest BCUT2D eigenvalue weighted by Crippen LogP contribution is -2.50. The van der Waals surface area contributed by atoms with Crippen LogP contribution >= 0.6 is 0 Å². The van der Waals surface area contributed by atoms with Gasteiger partial charge in [0.15, 0.2) is 0 Å². The van der Waals surface area contributed by atoms with Gasteiger partial charge < -0.3 is 10.6 Å². The monoisotopic (exact) mass is 277 g/mol. The molecule has 2 atom stereocenters. The van der Waals surface area contributed by atoms with Crippen molar-refractivity contribution in [3.05, 3.63) is 35.9 Å². The molecule has 0 radical (unpaired) electrons. The van der Waals surface area contributed by atoms with Gasteiger partial charge in [-0.25, -0.2) is 4.79 Å². The SMILES string of the molecule is CCNC(=O)NC(=O)C(C)NC(C)Cc1ccccc1. The third-order valence-electron chi connectivity index (χ3n) is 2.89. The number of hydrogen-bond donors (Lipinski definition) is 3. The van der Waals surface area contributed by atoms with Crippen LogP contribution in [0.4, 0.5) is 4.79 Å². The van der Waals surface area contributed by atoms with Crippen LogP contribution in [-0.2, 0) is 11.2 Å². The van der Waals surface area contributed by atoms with E-state index in [1.807, 2.05) is 25.1 Å². The fraction of sp³-hybridized carbons (Fsp3) is 0.467. The van der Waals surface area contributed by atoms with E-state index < -0.39 is 12.1 Å². The van der Waals surface area contributed by atoms with E-state index >= 15 is 0 Å². The number of nitrogens with one attached hydrogen (secondary N) is 3. The summed E-state index contributed by atoms with van der Waals surface area (Å²) >= 11 is 0. The van der Waals surface area contributed by atoms with Gasteiger partial charge >= 0.3 is 6.03 Å². The molecule has 1 rings (SSSR count). The molecule has 0 saturated heterocycles. The van der Waals surface area contributed by atoms with E-state index in [-0.39, 0.29) is 11.9 Å². The van der Waals surface area contributed by atoms with Crippen molar-refractivity contribution < 1.29 is 9.59 Å². The van der Waals surface area contributed by atoms with Gasteiger partial charge in [-0.05, 0) is 32.8 Å². The van der Waals surface area contributed by atoms with E-state index in [1.165, 1.54) is 5.56 Å². The Kier molecular flexibility index (Phi) is 6.73. The van der Waals surface area contributed by atoms with Gasteiger partial charge in [-0.15, -0.1) is 0 Å². The predicted octanol–water partition coefficient (Wildman–Crippen LogP) is 1.44. The van der Waals surface area contributed by atoms with Crippen molar-refractivity contribution in [2.75, 3.05) is 6.54 Å². The molecule has 0 aliphatic carbocycles. The number of hydrogen-bond acceptors (Lipinski definition) is 3. The van der Waals surface area contributed by atoms with Gasteiger partial charge in [-0.1, -0.05) is 30.3 Å². The highest BCUT2D eigenvalue weighted by Crippen LogP contribution is 2.03. The summed E-state index contributed by atoms with van der Waals surface area (Å²) in [6.07, 6.45) is 0.833. The third-order valence-corrected chi connectivity index (χ3v) is 2.89. The van der Waals surface area contributed by atoms with Crippen LogP contribution in [0.15, 0.2) is 30.3 Å². The van der Waals surface area contributed by atoms with Crippen LogP contribution in [0.1, 0.15) is 26.3 Å². The third kappa shape index (κ3) is 5.84. The minimum Gasteiger partial charge on any atom is -0.338 e. The molecule has 20 heavy (non-hydrogen) atoms. The average molecular weight is 277 g/mol. The van der Waals surface area contributed by atoms with E-state index in [4.69, 9.17) is 0 Å². The van der Waals surface area contributed by atoms with E-state index in [9.17, 15) is 9.59 Å². The van der Waals surface area contributed by atoms with Gasteiger partial charge in [0.1, 0.15) is 0 Å². The average Bonchev–Trinajstić information content (AvgIpc) is 2.39. The second-order valence-electron chi connectivity index (χ2n) is 4.83. The number of benzene rings is 1. The van der Waals surface area contributed by atoms with Crippen LogP contribution < -0.4 is 16.0 Å². The van der Waals surface area contributed by atoms with E-state index in [1.54, 1.807) is 13.8 Å². The molecule has 5 nitrogen and oxygen atoms in total. The Morgan fingerprint density at radius 2 is 1.80 bits per heavy atom. The smallest absolute Gasteiger partial charge is 0.321 e. The first kappa shape index (κ1) is 16.2. The Labute approximate surface area is 120 Å². The molecule has 0 spiro atoms. The van der Waals surface area contributed by atoms with E-state index in [0.29, 0.717) is 6.54 Å². The largest absolute Gasteiger partial charge is 0.338 e. The van der Waals surface area contributed by atoms with Crippen molar-refractivity contribution in [2.24, 2.45) is 0 Å². The molecule has 1 aromatic rings. The highest BCUT2D eigenvalue weighted by molar-refractivity contribution is 5.96. The first-order valence-corrected chi connectivity index (χ1v) is 6.91. The molecular weight excluding hydrogens is 254 g/mol. The lowest BCUT2D eigenvalue weighted by atomic mass is 10.1. The Hall–Kier alpha value is -1.88. The molecule has 3 N–H and O–H groups in total. The number of imide groups is 1. The minimum absolute atomic E-state index is 0.146. The first-order valence-electron chi connectivity index (χ1n) is 6.91. The van der Waals surface area contributed by atoms with E-state index in [2.05, 4.69) is 28.1 Å². The summed E-state index contributed by atoms with van der Waals surface area (Å²) in [5.41, 5.74) is 1.21. The van der Waals surface area contributed by atoms with Crippen molar-refractivity contribution in [2.45, 2.75) is 39.3 Å². The summed E-state index contributed by atoms with van der Waals surface area (Å²) in [6.45, 7) is 6.05. The molecule has 0 saturated carbocycles. The quantitative estimate of drug-likeness (QED) is 0.737. The molecule has 0 fully saturated rings. The lowest BCUT2D eigenvalue weighted by Gasteiger charge is -2.19. The maximum Gasteiger partial charge on any atom is 0.321 e. The molecular formula is C15H23N3O2. The van der Waals surface area contributed by atoms with Crippen molar-refractivity contribution in [1.29, 1.82) is 0 Å². The van der Waals surface area contributed by atoms with Crippen LogP contribution in [-0.4, -0.2) is 30.6 Å². The van der Waals surface area contributed by atoms with Gasteiger partial charge in [0.25, 0.3) is 0 Å². The van der Waals surface area contributed by atoms with Crippen molar-refractivity contribution >= 4 is 11.9 Å². The van der Waals surface area contributed by atoms with E-state index in [0.717, 1.165) is 6.42 Å². The maximum atomic E-state index is 11.8. The Morgan fingerprint density at radius 3 is 2.40 bits per heavy atom. The molecule has 1 aromatic carbocycles. The molecule has 2 unspecified atom stereocenters. The summed E-state index contributed by atoms with van der Waals surface area (Å²) in [4.78, 5) is 23.0. The summed E-state index contributed by atoms with van der Waals surface area (Å²) in [7, 11) is 0. The Bertz CT molecular complexity index is 434. The molecule has 3 amide bonds. The van der Waals surface area contributed by atoms with Gasteiger partial charge in [-0.3, -0.25) is 10.1 Å². The standard InChI is InChI=1S/C15H23N3O2/c1-4-16-15(20)18-14(19)12(3)17-11(2)10-13-8-6-5-7-9-13/h5-9,11-12,17H,4,10H2,1-3H3,(H2,16,18,19,20). The number of carbonyl (C=O) groups is 2. The topological polar surface area (TPSA) is 70.2 Å². The molecule has 110 valence electrons. The van der Waals surface area contributed by atoms with Gasteiger partial charge in [-0.2, -0.15) is 0 Å².